The van der Waals surface area contributed by atoms with Crippen molar-refractivity contribution in [3.05, 3.63) is 64.6 Å². The number of pyridine rings is 1. The Balaban J connectivity index is 0.000000380. The number of aromatic nitrogens is 1. The van der Waals surface area contributed by atoms with Gasteiger partial charge in [0.1, 0.15) is 5.82 Å². The van der Waals surface area contributed by atoms with E-state index >= 15 is 0 Å². The average molecular weight is 389 g/mol. The van der Waals surface area contributed by atoms with Crippen molar-refractivity contribution in [3.63, 3.8) is 0 Å². The summed E-state index contributed by atoms with van der Waals surface area (Å²) in [7, 11) is 1.30. The van der Waals surface area contributed by atoms with Crippen molar-refractivity contribution in [2.45, 2.75) is 20.3 Å². The number of carbonyl (C=O) groups excluding carboxylic acids is 1. The minimum Gasteiger partial charge on any atom is -0.468 e. The van der Waals surface area contributed by atoms with Crippen LogP contribution in [0.25, 0.3) is 22.0 Å². The van der Waals surface area contributed by atoms with Crippen molar-refractivity contribution in [1.82, 2.24) is 4.98 Å². The van der Waals surface area contributed by atoms with Crippen molar-refractivity contribution in [1.29, 1.82) is 0 Å². The van der Waals surface area contributed by atoms with Gasteiger partial charge >= 0.3 is 5.97 Å². The summed E-state index contributed by atoms with van der Waals surface area (Å²) >= 11 is 6.32. The van der Waals surface area contributed by atoms with Gasteiger partial charge in [0.2, 0.25) is 0 Å². The summed E-state index contributed by atoms with van der Waals surface area (Å²) in [6.07, 6.45) is 2.49. The predicted octanol–water partition coefficient (Wildman–Crippen LogP) is 4.68. The zero-order valence-electron chi connectivity index (χ0n) is 15.6. The van der Waals surface area contributed by atoms with Crippen molar-refractivity contribution < 1.29 is 13.9 Å². The monoisotopic (exact) mass is 388 g/mol. The molecule has 0 amide bonds. The van der Waals surface area contributed by atoms with E-state index in [1.807, 2.05) is 25.1 Å². The molecule has 0 bridgehead atoms. The first-order valence-corrected chi connectivity index (χ1v) is 8.90. The highest BCUT2D eigenvalue weighted by Gasteiger charge is 2.15. The van der Waals surface area contributed by atoms with Gasteiger partial charge in [0, 0.05) is 22.7 Å². The number of hydrogen-bond donors (Lipinski definition) is 1. The third kappa shape index (κ3) is 4.81. The van der Waals surface area contributed by atoms with Crippen LogP contribution in [0.3, 0.4) is 0 Å². The summed E-state index contributed by atoms with van der Waals surface area (Å²) in [6, 6.07) is 11.0. The second-order valence-corrected chi connectivity index (χ2v) is 6.29. The van der Waals surface area contributed by atoms with Gasteiger partial charge in [0.15, 0.2) is 0 Å². The molecule has 3 rings (SSSR count). The average Bonchev–Trinajstić information content (AvgIpc) is 2.68. The van der Waals surface area contributed by atoms with E-state index in [9.17, 15) is 9.18 Å². The number of nitrogens with zero attached hydrogens (tertiary/aromatic N) is 1. The van der Waals surface area contributed by atoms with Gasteiger partial charge in [-0.3, -0.25) is 9.78 Å². The Kier molecular flexibility index (Phi) is 7.28. The van der Waals surface area contributed by atoms with Crippen molar-refractivity contribution in [2.75, 3.05) is 13.7 Å². The molecular formula is C21H22ClFN2O2. The molecular weight excluding hydrogens is 367 g/mol. The first-order valence-electron chi connectivity index (χ1n) is 8.52. The minimum absolute atomic E-state index is 0.0312. The molecule has 0 fully saturated rings. The second-order valence-electron chi connectivity index (χ2n) is 5.89. The molecule has 0 aliphatic carbocycles. The molecule has 1 heterocycles. The lowest BCUT2D eigenvalue weighted by atomic mass is 9.94. The molecule has 0 aliphatic heterocycles. The van der Waals surface area contributed by atoms with Gasteiger partial charge in [-0.25, -0.2) is 4.39 Å². The van der Waals surface area contributed by atoms with Crippen LogP contribution >= 0.6 is 11.6 Å². The number of nitrogens with two attached hydrogens (primary N) is 1. The quantitative estimate of drug-likeness (QED) is 0.661. The topological polar surface area (TPSA) is 65.2 Å². The third-order valence-corrected chi connectivity index (χ3v) is 4.47. The molecule has 0 aliphatic rings. The zero-order valence-corrected chi connectivity index (χ0v) is 16.3. The fourth-order valence-electron chi connectivity index (χ4n) is 2.81. The van der Waals surface area contributed by atoms with Gasteiger partial charge in [0.05, 0.1) is 24.2 Å². The van der Waals surface area contributed by atoms with Gasteiger partial charge in [-0.15, -0.1) is 0 Å². The van der Waals surface area contributed by atoms with Crippen molar-refractivity contribution >= 4 is 28.5 Å². The van der Waals surface area contributed by atoms with Gasteiger partial charge < -0.3 is 10.5 Å². The van der Waals surface area contributed by atoms with E-state index in [1.165, 1.54) is 13.2 Å². The van der Waals surface area contributed by atoms with Crippen LogP contribution < -0.4 is 5.73 Å². The van der Waals surface area contributed by atoms with Gasteiger partial charge in [-0.05, 0) is 42.7 Å². The molecule has 0 atom stereocenters. The number of aryl methyl sites for hydroxylation is 2. The first kappa shape index (κ1) is 20.8. The Morgan fingerprint density at radius 2 is 2.04 bits per heavy atom. The molecule has 1 aromatic heterocycles. The van der Waals surface area contributed by atoms with E-state index < -0.39 is 0 Å². The summed E-state index contributed by atoms with van der Waals surface area (Å²) in [5.74, 6) is -0.681. The summed E-state index contributed by atoms with van der Waals surface area (Å²) in [5, 5.41) is 1.53. The summed E-state index contributed by atoms with van der Waals surface area (Å²) in [4.78, 5) is 14.3. The highest BCUT2D eigenvalue weighted by Crippen LogP contribution is 2.37. The summed E-state index contributed by atoms with van der Waals surface area (Å²) < 4.78 is 17.7. The van der Waals surface area contributed by atoms with E-state index in [1.54, 1.807) is 12.3 Å². The molecule has 0 saturated carbocycles. The lowest BCUT2D eigenvalue weighted by Gasteiger charge is -2.14. The molecule has 6 heteroatoms. The Hall–Kier alpha value is -2.50. The number of esters is 1. The smallest absolute Gasteiger partial charge is 0.319 e. The standard InChI is InChI=1S/C18H15ClFN.C3H7NO2/c1-3-12-9-13(20)10-16(19)17(12)15-7-6-11(2)14-5-4-8-21-18(14)15;1-6-3(5)2-4/h4-10H,3H2,1-2H3;2,4H2,1H3. The van der Waals surface area contributed by atoms with Crippen LogP contribution in [-0.2, 0) is 16.0 Å². The minimum atomic E-state index is -0.380. The number of hydrogen-bond acceptors (Lipinski definition) is 4. The highest BCUT2D eigenvalue weighted by atomic mass is 35.5. The SMILES string of the molecule is CCc1cc(F)cc(Cl)c1-c1ccc(C)c2cccnc12.COC(=O)CN. The Morgan fingerprint density at radius 3 is 2.63 bits per heavy atom. The number of benzene rings is 2. The number of halogens is 2. The van der Waals surface area contributed by atoms with Crippen LogP contribution in [0.15, 0.2) is 42.6 Å². The first-order chi connectivity index (χ1) is 12.9. The molecule has 0 saturated heterocycles. The van der Waals surface area contributed by atoms with Crippen LogP contribution in [-0.4, -0.2) is 24.6 Å². The van der Waals surface area contributed by atoms with Crippen LogP contribution in [0, 0.1) is 12.7 Å². The maximum Gasteiger partial charge on any atom is 0.319 e. The Labute approximate surface area is 163 Å². The lowest BCUT2D eigenvalue weighted by Crippen LogP contribution is -2.14. The molecule has 4 nitrogen and oxygen atoms in total. The van der Waals surface area contributed by atoms with Crippen molar-refractivity contribution in [2.24, 2.45) is 5.73 Å². The van der Waals surface area contributed by atoms with Crippen LogP contribution in [0.1, 0.15) is 18.1 Å². The van der Waals surface area contributed by atoms with E-state index in [0.29, 0.717) is 5.02 Å². The Morgan fingerprint density at radius 1 is 1.30 bits per heavy atom. The molecule has 2 N–H and O–H groups in total. The van der Waals surface area contributed by atoms with Gasteiger partial charge in [0.25, 0.3) is 0 Å². The number of methoxy groups -OCH3 is 1. The van der Waals surface area contributed by atoms with E-state index in [-0.39, 0.29) is 18.3 Å². The van der Waals surface area contributed by atoms with Crippen molar-refractivity contribution in [3.8, 4) is 11.1 Å². The number of carbonyl (C=O) groups is 1. The molecule has 27 heavy (non-hydrogen) atoms. The van der Waals surface area contributed by atoms with E-state index in [2.05, 4.69) is 22.7 Å². The van der Waals surface area contributed by atoms with Crippen LogP contribution in [0.2, 0.25) is 5.02 Å². The fraction of sp³-hybridized carbons (Fsp3) is 0.238. The highest BCUT2D eigenvalue weighted by molar-refractivity contribution is 6.34. The molecule has 0 spiro atoms. The van der Waals surface area contributed by atoms with E-state index in [0.717, 1.165) is 39.6 Å². The number of fused-ring (bicyclic) bond motifs is 1. The van der Waals surface area contributed by atoms with Crippen LogP contribution in [0.4, 0.5) is 4.39 Å². The maximum absolute atomic E-state index is 13.6. The summed E-state index contributed by atoms with van der Waals surface area (Å²) in [5.41, 5.74) is 9.61. The van der Waals surface area contributed by atoms with Crippen LogP contribution in [0.5, 0.6) is 0 Å². The maximum atomic E-state index is 13.6. The molecule has 3 aromatic rings. The van der Waals surface area contributed by atoms with Gasteiger partial charge in [-0.1, -0.05) is 36.7 Å². The largest absolute Gasteiger partial charge is 0.468 e. The third-order valence-electron chi connectivity index (χ3n) is 4.17. The van der Waals surface area contributed by atoms with Gasteiger partial charge in [-0.2, -0.15) is 0 Å². The zero-order chi connectivity index (χ0) is 20.0. The fourth-order valence-corrected chi connectivity index (χ4v) is 3.14. The second kappa shape index (κ2) is 9.44. The number of ether oxygens (including phenoxy) is 1. The molecule has 2 aromatic carbocycles. The number of rotatable bonds is 3. The predicted molar refractivity (Wildman–Crippen MR) is 107 cm³/mol. The summed E-state index contributed by atoms with van der Waals surface area (Å²) in [6.45, 7) is 4.02. The lowest BCUT2D eigenvalue weighted by molar-refractivity contribution is -0.138. The molecule has 0 unspecified atom stereocenters. The Bertz CT molecular complexity index is 954. The molecule has 0 radical (unpaired) electrons. The molecule has 142 valence electrons. The normalized spacial score (nSPS) is 10.3. The van der Waals surface area contributed by atoms with E-state index in [4.69, 9.17) is 17.3 Å².